The van der Waals surface area contributed by atoms with Gasteiger partial charge in [-0.25, -0.2) is 0 Å². The maximum absolute atomic E-state index is 3.36. The minimum absolute atomic E-state index is 0.693. The van der Waals surface area contributed by atoms with Gasteiger partial charge in [0.25, 0.3) is 0 Å². The maximum atomic E-state index is 3.36. The van der Waals surface area contributed by atoms with E-state index in [1.165, 1.54) is 45.2 Å². The van der Waals surface area contributed by atoms with Gasteiger partial charge < -0.3 is 4.90 Å². The van der Waals surface area contributed by atoms with E-state index < -0.39 is 0 Å². The fourth-order valence-corrected chi connectivity index (χ4v) is 4.10. The average molecular weight is 232 g/mol. The number of fused-ring (bicyclic) bond motifs is 2. The van der Waals surface area contributed by atoms with Crippen LogP contribution in [0.5, 0.6) is 0 Å². The summed E-state index contributed by atoms with van der Waals surface area (Å²) in [6, 6.07) is 2.59. The van der Waals surface area contributed by atoms with Crippen molar-refractivity contribution in [3.63, 3.8) is 0 Å². The molecule has 2 aliphatic heterocycles. The Labute approximate surface area is 105 Å². The number of nitrogens with zero attached hydrogens (tertiary/aromatic N) is 2. The van der Waals surface area contributed by atoms with E-state index in [0.717, 1.165) is 18.1 Å². The Balaban J connectivity index is 1.56. The fourth-order valence-electron chi connectivity index (χ4n) is 4.10. The van der Waals surface area contributed by atoms with E-state index in [1.807, 2.05) is 6.92 Å². The number of likely N-dealkylation sites (tertiary alicyclic amines) is 2. The Bertz CT molecular complexity index is 331. The van der Waals surface area contributed by atoms with E-state index in [9.17, 15) is 0 Å². The van der Waals surface area contributed by atoms with Crippen molar-refractivity contribution in [2.45, 2.75) is 57.2 Å². The minimum Gasteiger partial charge on any atom is -0.301 e. The third-order valence-electron chi connectivity index (χ3n) is 5.07. The van der Waals surface area contributed by atoms with Gasteiger partial charge in [-0.1, -0.05) is 0 Å². The zero-order chi connectivity index (χ0) is 11.8. The molecule has 1 aliphatic carbocycles. The molecule has 2 nitrogen and oxygen atoms in total. The summed E-state index contributed by atoms with van der Waals surface area (Å²) in [5.41, 5.74) is 0. The first-order valence-corrected chi connectivity index (χ1v) is 7.16. The monoisotopic (exact) mass is 232 g/mol. The Hall–Kier alpha value is -0.520. The van der Waals surface area contributed by atoms with E-state index in [1.54, 1.807) is 0 Å². The second-order valence-corrected chi connectivity index (χ2v) is 6.08. The van der Waals surface area contributed by atoms with Crippen LogP contribution in [0.2, 0.25) is 0 Å². The van der Waals surface area contributed by atoms with Crippen molar-refractivity contribution in [2.24, 2.45) is 5.92 Å². The first-order valence-electron chi connectivity index (χ1n) is 7.16. The van der Waals surface area contributed by atoms with Crippen molar-refractivity contribution in [2.75, 3.05) is 20.1 Å². The molecule has 3 rings (SSSR count). The standard InChI is InChI=1S/C15H24N2/c1-3-4-12-5-7-13(8-6-12)17-11-14-9-15(17)10-16(14)2/h12-15H,5-11H2,1-2H3. The predicted molar refractivity (Wildman–Crippen MR) is 70.7 cm³/mol. The molecule has 0 aromatic rings. The van der Waals surface area contributed by atoms with Crippen molar-refractivity contribution in [1.82, 2.24) is 9.80 Å². The molecule has 2 atom stereocenters. The Morgan fingerprint density at radius 3 is 2.24 bits per heavy atom. The summed E-state index contributed by atoms with van der Waals surface area (Å²) in [7, 11) is 2.29. The molecular formula is C15H24N2. The summed E-state index contributed by atoms with van der Waals surface area (Å²) in [6.45, 7) is 4.61. The van der Waals surface area contributed by atoms with Crippen LogP contribution < -0.4 is 0 Å². The second kappa shape index (κ2) is 4.63. The molecule has 2 unspecified atom stereocenters. The quantitative estimate of drug-likeness (QED) is 0.638. The third kappa shape index (κ3) is 2.11. The van der Waals surface area contributed by atoms with Gasteiger partial charge in [0, 0.05) is 37.1 Å². The lowest BCUT2D eigenvalue weighted by molar-refractivity contribution is 0.0811. The lowest BCUT2D eigenvalue weighted by atomic mass is 9.85. The first kappa shape index (κ1) is 11.6. The van der Waals surface area contributed by atoms with E-state index in [-0.39, 0.29) is 0 Å². The molecule has 1 saturated carbocycles. The zero-order valence-corrected chi connectivity index (χ0v) is 11.2. The molecule has 0 amide bonds. The molecule has 0 spiro atoms. The second-order valence-electron chi connectivity index (χ2n) is 6.08. The van der Waals surface area contributed by atoms with Crippen molar-refractivity contribution >= 4 is 0 Å². The van der Waals surface area contributed by atoms with Gasteiger partial charge in [-0.3, -0.25) is 4.90 Å². The summed E-state index contributed by atoms with van der Waals surface area (Å²) < 4.78 is 0. The first-order chi connectivity index (χ1) is 8.28. The van der Waals surface area contributed by atoms with Crippen LogP contribution in [0.15, 0.2) is 0 Å². The molecule has 0 aromatic carbocycles. The molecule has 3 aliphatic rings. The van der Waals surface area contributed by atoms with Gasteiger partial charge in [-0.05, 0) is 46.1 Å². The molecule has 0 aromatic heterocycles. The SMILES string of the molecule is CC#CC1CCC(N2CC3CC2CN3C)CC1. The summed E-state index contributed by atoms with van der Waals surface area (Å²) in [5.74, 6) is 7.14. The van der Waals surface area contributed by atoms with E-state index in [2.05, 4.69) is 28.7 Å². The fraction of sp³-hybridized carbons (Fsp3) is 0.867. The lowest BCUT2D eigenvalue weighted by Gasteiger charge is -2.40. The zero-order valence-electron chi connectivity index (χ0n) is 11.2. The molecule has 0 N–H and O–H groups in total. The molecule has 2 saturated heterocycles. The molecular weight excluding hydrogens is 208 g/mol. The smallest absolute Gasteiger partial charge is 0.0242 e. The van der Waals surface area contributed by atoms with Crippen molar-refractivity contribution in [3.05, 3.63) is 0 Å². The van der Waals surface area contributed by atoms with Crippen LogP contribution in [-0.2, 0) is 0 Å². The van der Waals surface area contributed by atoms with E-state index in [0.29, 0.717) is 5.92 Å². The topological polar surface area (TPSA) is 6.48 Å². The lowest BCUT2D eigenvalue weighted by Crippen LogP contribution is -2.50. The minimum atomic E-state index is 0.693. The number of hydrogen-bond acceptors (Lipinski definition) is 2. The van der Waals surface area contributed by atoms with Gasteiger partial charge in [-0.15, -0.1) is 11.8 Å². The number of piperazine rings is 1. The number of likely N-dealkylation sites (N-methyl/N-ethyl adjacent to an activating group) is 1. The highest BCUT2D eigenvalue weighted by atomic mass is 15.3. The molecule has 2 heteroatoms. The molecule has 2 bridgehead atoms. The predicted octanol–water partition coefficient (Wildman–Crippen LogP) is 1.96. The van der Waals surface area contributed by atoms with Crippen LogP contribution in [-0.4, -0.2) is 48.1 Å². The van der Waals surface area contributed by atoms with Crippen LogP contribution in [0, 0.1) is 17.8 Å². The highest BCUT2D eigenvalue weighted by molar-refractivity contribution is 5.05. The summed E-state index contributed by atoms with van der Waals surface area (Å²) in [6.07, 6.45) is 6.84. The van der Waals surface area contributed by atoms with Gasteiger partial charge in [0.2, 0.25) is 0 Å². The number of hydrogen-bond donors (Lipinski definition) is 0. The van der Waals surface area contributed by atoms with Crippen molar-refractivity contribution in [3.8, 4) is 11.8 Å². The van der Waals surface area contributed by atoms with Crippen molar-refractivity contribution < 1.29 is 0 Å². The third-order valence-corrected chi connectivity index (χ3v) is 5.07. The Kier molecular flexibility index (Phi) is 3.15. The molecule has 17 heavy (non-hydrogen) atoms. The van der Waals surface area contributed by atoms with Crippen LogP contribution in [0.1, 0.15) is 39.0 Å². The Morgan fingerprint density at radius 1 is 0.941 bits per heavy atom. The van der Waals surface area contributed by atoms with Gasteiger partial charge in [0.15, 0.2) is 0 Å². The maximum Gasteiger partial charge on any atom is 0.0242 e. The van der Waals surface area contributed by atoms with E-state index in [4.69, 9.17) is 0 Å². The van der Waals surface area contributed by atoms with Gasteiger partial charge in [0.05, 0.1) is 0 Å². The Morgan fingerprint density at radius 2 is 1.71 bits per heavy atom. The highest BCUT2D eigenvalue weighted by Crippen LogP contribution is 2.36. The van der Waals surface area contributed by atoms with Crippen molar-refractivity contribution in [1.29, 1.82) is 0 Å². The summed E-state index contributed by atoms with van der Waals surface area (Å²) in [5, 5.41) is 0. The van der Waals surface area contributed by atoms with Gasteiger partial charge in [0.1, 0.15) is 0 Å². The highest BCUT2D eigenvalue weighted by Gasteiger charge is 2.44. The molecule has 2 heterocycles. The van der Waals surface area contributed by atoms with Gasteiger partial charge in [-0.2, -0.15) is 0 Å². The van der Waals surface area contributed by atoms with Crippen LogP contribution in [0.25, 0.3) is 0 Å². The normalized spacial score (nSPS) is 42.5. The average Bonchev–Trinajstić information content (AvgIpc) is 2.89. The largest absolute Gasteiger partial charge is 0.301 e. The summed E-state index contributed by atoms with van der Waals surface area (Å²) in [4.78, 5) is 5.37. The molecule has 0 radical (unpaired) electrons. The van der Waals surface area contributed by atoms with Crippen LogP contribution in [0.3, 0.4) is 0 Å². The molecule has 94 valence electrons. The van der Waals surface area contributed by atoms with Crippen LogP contribution >= 0.6 is 0 Å². The van der Waals surface area contributed by atoms with Gasteiger partial charge >= 0.3 is 0 Å². The molecule has 3 fully saturated rings. The number of rotatable bonds is 1. The summed E-state index contributed by atoms with van der Waals surface area (Å²) >= 11 is 0. The van der Waals surface area contributed by atoms with Crippen LogP contribution in [0.4, 0.5) is 0 Å². The van der Waals surface area contributed by atoms with E-state index >= 15 is 0 Å².